The minimum Gasteiger partial charge on any atom is -0.399 e. The molecule has 0 saturated carbocycles. The van der Waals surface area contributed by atoms with Crippen LogP contribution < -0.4 is 11.4 Å². The summed E-state index contributed by atoms with van der Waals surface area (Å²) >= 11 is 0. The van der Waals surface area contributed by atoms with Gasteiger partial charge in [0.1, 0.15) is 0 Å². The van der Waals surface area contributed by atoms with Crippen LogP contribution in [-0.2, 0) is 13.6 Å². The Labute approximate surface area is 81.6 Å². The highest BCUT2D eigenvalue weighted by atomic mass is 16.1. The lowest BCUT2D eigenvalue weighted by molar-refractivity contribution is 0.712. The van der Waals surface area contributed by atoms with Gasteiger partial charge in [-0.25, -0.2) is 4.79 Å². The van der Waals surface area contributed by atoms with Crippen LogP contribution in [0.2, 0.25) is 0 Å². The second kappa shape index (κ2) is 2.90. The molecule has 0 radical (unpaired) electrons. The van der Waals surface area contributed by atoms with E-state index in [1.807, 2.05) is 25.1 Å². The lowest BCUT2D eigenvalue weighted by atomic mass is 10.3. The first-order chi connectivity index (χ1) is 6.65. The summed E-state index contributed by atoms with van der Waals surface area (Å²) in [5.74, 6) is 0. The summed E-state index contributed by atoms with van der Waals surface area (Å²) in [5.41, 5.74) is 8.20. The Hall–Kier alpha value is -1.71. The third-order valence-corrected chi connectivity index (χ3v) is 2.49. The van der Waals surface area contributed by atoms with E-state index in [0.717, 1.165) is 11.0 Å². The van der Waals surface area contributed by atoms with Crippen LogP contribution in [0.1, 0.15) is 6.92 Å². The van der Waals surface area contributed by atoms with Crippen LogP contribution in [-0.4, -0.2) is 9.13 Å². The maximum Gasteiger partial charge on any atom is 0.328 e. The molecule has 0 unspecified atom stereocenters. The molecule has 2 aromatic rings. The third-order valence-electron chi connectivity index (χ3n) is 2.49. The number of nitrogens with zero attached hydrogens (tertiary/aromatic N) is 2. The van der Waals surface area contributed by atoms with Gasteiger partial charge in [0.15, 0.2) is 0 Å². The first-order valence-electron chi connectivity index (χ1n) is 4.60. The van der Waals surface area contributed by atoms with Crippen molar-refractivity contribution in [2.45, 2.75) is 13.5 Å². The van der Waals surface area contributed by atoms with Gasteiger partial charge in [0.05, 0.1) is 11.0 Å². The van der Waals surface area contributed by atoms with Crippen LogP contribution in [0.3, 0.4) is 0 Å². The Morgan fingerprint density at radius 2 is 2.07 bits per heavy atom. The van der Waals surface area contributed by atoms with Crippen LogP contribution in [0.15, 0.2) is 23.0 Å². The van der Waals surface area contributed by atoms with Gasteiger partial charge in [-0.15, -0.1) is 0 Å². The number of fused-ring (bicyclic) bond motifs is 1. The molecule has 4 heteroatoms. The predicted octanol–water partition coefficient (Wildman–Crippen LogP) is 0.942. The van der Waals surface area contributed by atoms with E-state index < -0.39 is 0 Å². The standard InChI is InChI=1S/C10H13N3O/c1-3-13-9-6-7(11)4-5-8(9)12(2)10(13)14/h4-6H,3,11H2,1-2H3. The highest BCUT2D eigenvalue weighted by Gasteiger charge is 2.08. The second-order valence-electron chi connectivity index (χ2n) is 3.33. The molecule has 4 nitrogen and oxygen atoms in total. The molecule has 0 fully saturated rings. The van der Waals surface area contributed by atoms with Gasteiger partial charge in [-0.2, -0.15) is 0 Å². The zero-order valence-corrected chi connectivity index (χ0v) is 8.32. The number of hydrogen-bond acceptors (Lipinski definition) is 2. The monoisotopic (exact) mass is 191 g/mol. The van der Waals surface area contributed by atoms with Crippen molar-refractivity contribution in [3.05, 3.63) is 28.7 Å². The quantitative estimate of drug-likeness (QED) is 0.682. The Morgan fingerprint density at radius 3 is 2.71 bits per heavy atom. The minimum absolute atomic E-state index is 0.00750. The number of benzene rings is 1. The Balaban J connectivity index is 2.96. The Kier molecular flexibility index (Phi) is 1.84. The number of aryl methyl sites for hydroxylation is 2. The highest BCUT2D eigenvalue weighted by Crippen LogP contribution is 2.15. The molecule has 0 bridgehead atoms. The van der Waals surface area contributed by atoms with Crippen LogP contribution >= 0.6 is 0 Å². The van der Waals surface area contributed by atoms with Crippen LogP contribution in [0, 0.1) is 0 Å². The predicted molar refractivity (Wildman–Crippen MR) is 57.3 cm³/mol. The van der Waals surface area contributed by atoms with Gasteiger partial charge in [-0.3, -0.25) is 9.13 Å². The summed E-state index contributed by atoms with van der Waals surface area (Å²) in [7, 11) is 1.77. The fraction of sp³-hybridized carbons (Fsp3) is 0.300. The molecule has 0 aliphatic carbocycles. The summed E-state index contributed by atoms with van der Waals surface area (Å²) in [4.78, 5) is 11.7. The number of rotatable bonds is 1. The third kappa shape index (κ3) is 1.04. The van der Waals surface area contributed by atoms with E-state index in [1.54, 1.807) is 16.2 Å². The molecule has 74 valence electrons. The van der Waals surface area contributed by atoms with Crippen LogP contribution in [0.5, 0.6) is 0 Å². The molecule has 0 atom stereocenters. The van der Waals surface area contributed by atoms with Crippen molar-refractivity contribution < 1.29 is 0 Å². The SMILES string of the molecule is CCn1c(=O)n(C)c2ccc(N)cc21. The van der Waals surface area contributed by atoms with Gasteiger partial charge in [-0.05, 0) is 25.1 Å². The molecule has 0 amide bonds. The maximum atomic E-state index is 11.7. The molecule has 0 saturated heterocycles. The number of nitrogens with two attached hydrogens (primary N) is 1. The molecule has 14 heavy (non-hydrogen) atoms. The van der Waals surface area contributed by atoms with Crippen molar-refractivity contribution >= 4 is 16.7 Å². The molecule has 0 spiro atoms. The van der Waals surface area contributed by atoms with E-state index in [0.29, 0.717) is 12.2 Å². The highest BCUT2D eigenvalue weighted by molar-refractivity contribution is 5.79. The van der Waals surface area contributed by atoms with Crippen molar-refractivity contribution in [3.8, 4) is 0 Å². The summed E-state index contributed by atoms with van der Waals surface area (Å²) < 4.78 is 3.35. The van der Waals surface area contributed by atoms with Crippen molar-refractivity contribution in [1.29, 1.82) is 0 Å². The van der Waals surface area contributed by atoms with Crippen LogP contribution in [0.4, 0.5) is 5.69 Å². The largest absolute Gasteiger partial charge is 0.399 e. The van der Waals surface area contributed by atoms with Gasteiger partial charge in [0.2, 0.25) is 0 Å². The van der Waals surface area contributed by atoms with Gasteiger partial charge >= 0.3 is 5.69 Å². The smallest absolute Gasteiger partial charge is 0.328 e. The summed E-state index contributed by atoms with van der Waals surface area (Å²) in [6.07, 6.45) is 0. The fourth-order valence-corrected chi connectivity index (χ4v) is 1.73. The topological polar surface area (TPSA) is 53.0 Å². The van der Waals surface area contributed by atoms with Gasteiger partial charge in [0, 0.05) is 19.3 Å². The molecule has 0 aliphatic heterocycles. The van der Waals surface area contributed by atoms with E-state index in [2.05, 4.69) is 0 Å². The van der Waals surface area contributed by atoms with Gasteiger partial charge in [-0.1, -0.05) is 0 Å². The Morgan fingerprint density at radius 1 is 1.36 bits per heavy atom. The maximum absolute atomic E-state index is 11.7. The van der Waals surface area contributed by atoms with Crippen molar-refractivity contribution in [1.82, 2.24) is 9.13 Å². The van der Waals surface area contributed by atoms with E-state index in [4.69, 9.17) is 5.73 Å². The molecular weight excluding hydrogens is 178 g/mol. The summed E-state index contributed by atoms with van der Waals surface area (Å²) in [6, 6.07) is 5.51. The zero-order valence-electron chi connectivity index (χ0n) is 8.32. The molecule has 1 aromatic heterocycles. The molecule has 1 heterocycles. The average Bonchev–Trinajstić information content (AvgIpc) is 2.39. The minimum atomic E-state index is 0.00750. The molecule has 1 aromatic carbocycles. The van der Waals surface area contributed by atoms with Crippen LogP contribution in [0.25, 0.3) is 11.0 Å². The summed E-state index contributed by atoms with van der Waals surface area (Å²) in [5, 5.41) is 0. The summed E-state index contributed by atoms with van der Waals surface area (Å²) in [6.45, 7) is 2.61. The first kappa shape index (κ1) is 8.87. The Bertz CT molecular complexity index is 536. The van der Waals surface area contributed by atoms with E-state index in [1.165, 1.54) is 0 Å². The molecule has 2 rings (SSSR count). The van der Waals surface area contributed by atoms with E-state index in [-0.39, 0.29) is 5.69 Å². The fourth-order valence-electron chi connectivity index (χ4n) is 1.73. The van der Waals surface area contributed by atoms with Crippen molar-refractivity contribution in [2.24, 2.45) is 7.05 Å². The lowest BCUT2D eigenvalue weighted by Gasteiger charge is -1.98. The molecule has 0 aliphatic rings. The number of aromatic nitrogens is 2. The van der Waals surface area contributed by atoms with Crippen molar-refractivity contribution in [3.63, 3.8) is 0 Å². The zero-order chi connectivity index (χ0) is 10.3. The van der Waals surface area contributed by atoms with Gasteiger partial charge in [0.25, 0.3) is 0 Å². The van der Waals surface area contributed by atoms with Crippen molar-refractivity contribution in [2.75, 3.05) is 5.73 Å². The first-order valence-corrected chi connectivity index (χ1v) is 4.60. The van der Waals surface area contributed by atoms with E-state index in [9.17, 15) is 4.79 Å². The average molecular weight is 191 g/mol. The number of hydrogen-bond donors (Lipinski definition) is 1. The second-order valence-corrected chi connectivity index (χ2v) is 3.33. The number of nitrogen functional groups attached to an aromatic ring is 1. The van der Waals surface area contributed by atoms with E-state index >= 15 is 0 Å². The number of imidazole rings is 1. The molecule has 2 N–H and O–H groups in total. The number of anilines is 1. The normalized spacial score (nSPS) is 11.0. The van der Waals surface area contributed by atoms with Gasteiger partial charge < -0.3 is 5.73 Å². The lowest BCUT2D eigenvalue weighted by Crippen LogP contribution is -2.21. The molecular formula is C10H13N3O.